The van der Waals surface area contributed by atoms with E-state index in [2.05, 4.69) is 4.98 Å². The fourth-order valence-corrected chi connectivity index (χ4v) is 0.0836. The van der Waals surface area contributed by atoms with Gasteiger partial charge in [-0.2, -0.15) is 0 Å². The SMILES string of the molecule is C/C(O)=C/[N+]#N. The summed E-state index contributed by atoms with van der Waals surface area (Å²) in [7, 11) is 0. The Hall–Kier alpha value is -1.04. The van der Waals surface area contributed by atoms with Gasteiger partial charge in [-0.3, -0.25) is 0 Å². The highest BCUT2D eigenvalue weighted by Crippen LogP contribution is 1.80. The predicted octanol–water partition coefficient (Wildman–Crippen LogP) is 1.26. The van der Waals surface area contributed by atoms with Gasteiger partial charge in [-0.05, 0) is 0 Å². The van der Waals surface area contributed by atoms with E-state index in [1.54, 1.807) is 0 Å². The molecular weight excluding hydrogens is 80.0 g/mol. The first-order valence-electron chi connectivity index (χ1n) is 1.47. The summed E-state index contributed by atoms with van der Waals surface area (Å²) in [5.41, 5.74) is 0. The van der Waals surface area contributed by atoms with Gasteiger partial charge in [0.05, 0.1) is 0 Å². The second kappa shape index (κ2) is 2.21. The molecule has 0 fully saturated rings. The highest BCUT2D eigenvalue weighted by atomic mass is 16.3. The van der Waals surface area contributed by atoms with E-state index in [1.165, 1.54) is 6.92 Å². The second-order valence-corrected chi connectivity index (χ2v) is 0.886. The van der Waals surface area contributed by atoms with Crippen LogP contribution in [0.5, 0.6) is 0 Å². The Balaban J connectivity index is 3.51. The molecule has 0 aliphatic rings. The molecule has 0 amide bonds. The summed E-state index contributed by atoms with van der Waals surface area (Å²) < 4.78 is 0. The highest BCUT2D eigenvalue weighted by Gasteiger charge is 1.83. The van der Waals surface area contributed by atoms with Gasteiger partial charge in [0.1, 0.15) is 0 Å². The predicted molar refractivity (Wildman–Crippen MR) is 21.5 cm³/mol. The third-order valence-corrected chi connectivity index (χ3v) is 0.245. The molecule has 3 heteroatoms. The standard InChI is InChI=1S/C3H4N2O/c1-3(6)2-5-4/h2H,1H3/p+1/b3-2-. The number of nitrogens with zero attached hydrogens (tertiary/aromatic N) is 2. The highest BCUT2D eigenvalue weighted by molar-refractivity contribution is 4.90. The normalized spacial score (nSPS) is 10.3. The lowest BCUT2D eigenvalue weighted by molar-refractivity contribution is 0.414. The van der Waals surface area contributed by atoms with Crippen LogP contribution in [0.4, 0.5) is 0 Å². The van der Waals surface area contributed by atoms with Crippen molar-refractivity contribution in [2.24, 2.45) is 0 Å². The molecule has 0 radical (unpaired) electrons. The molecule has 0 heterocycles. The fourth-order valence-electron chi connectivity index (χ4n) is 0.0836. The molecule has 0 saturated carbocycles. The molecule has 0 aliphatic carbocycles. The lowest BCUT2D eigenvalue weighted by atomic mass is 10.6. The number of aliphatic hydroxyl groups is 1. The van der Waals surface area contributed by atoms with Crippen molar-refractivity contribution in [2.45, 2.75) is 6.92 Å². The first-order valence-corrected chi connectivity index (χ1v) is 1.47. The summed E-state index contributed by atoms with van der Waals surface area (Å²) in [6.45, 7) is 1.42. The summed E-state index contributed by atoms with van der Waals surface area (Å²) in [5.74, 6) is -0.00231. The summed E-state index contributed by atoms with van der Waals surface area (Å²) in [6, 6.07) is 0. The molecule has 6 heavy (non-hydrogen) atoms. The van der Waals surface area contributed by atoms with Gasteiger partial charge in [0.15, 0.2) is 10.7 Å². The molecule has 0 atom stereocenters. The number of hydrogen-bond acceptors (Lipinski definition) is 2. The van der Waals surface area contributed by atoms with Crippen LogP contribution in [0.25, 0.3) is 4.98 Å². The molecule has 0 saturated heterocycles. The Labute approximate surface area is 35.5 Å². The minimum absolute atomic E-state index is 0.00231. The molecule has 0 unspecified atom stereocenters. The van der Waals surface area contributed by atoms with Crippen molar-refractivity contribution < 1.29 is 5.11 Å². The van der Waals surface area contributed by atoms with Crippen LogP contribution in [0.2, 0.25) is 0 Å². The third-order valence-electron chi connectivity index (χ3n) is 0.245. The van der Waals surface area contributed by atoms with Gasteiger partial charge in [-0.25, -0.2) is 0 Å². The Morgan fingerprint density at radius 3 is 2.50 bits per heavy atom. The van der Waals surface area contributed by atoms with Gasteiger partial charge in [-0.1, -0.05) is 0 Å². The molecule has 0 rings (SSSR count). The number of aliphatic hydroxyl groups excluding tert-OH is 1. The van der Waals surface area contributed by atoms with Gasteiger partial charge in [0, 0.05) is 6.92 Å². The monoisotopic (exact) mass is 85.0 g/mol. The van der Waals surface area contributed by atoms with Gasteiger partial charge in [0.25, 0.3) is 0 Å². The van der Waals surface area contributed by atoms with Crippen LogP contribution in [-0.4, -0.2) is 5.11 Å². The van der Waals surface area contributed by atoms with Gasteiger partial charge < -0.3 is 5.11 Å². The van der Waals surface area contributed by atoms with E-state index in [0.717, 1.165) is 6.20 Å². The van der Waals surface area contributed by atoms with E-state index in [-0.39, 0.29) is 5.76 Å². The maximum absolute atomic E-state index is 8.16. The third kappa shape index (κ3) is 2.96. The van der Waals surface area contributed by atoms with Gasteiger partial charge in [-0.15, -0.1) is 0 Å². The minimum atomic E-state index is -0.00231. The maximum Gasteiger partial charge on any atom is 0.387 e. The van der Waals surface area contributed by atoms with Crippen LogP contribution in [0.1, 0.15) is 6.92 Å². The molecule has 0 aliphatic heterocycles. The molecule has 0 spiro atoms. The summed E-state index contributed by atoms with van der Waals surface area (Å²) in [6.07, 6.45) is 0.944. The quantitative estimate of drug-likeness (QED) is 0.355. The van der Waals surface area contributed by atoms with E-state index in [4.69, 9.17) is 10.5 Å². The van der Waals surface area contributed by atoms with Gasteiger partial charge >= 0.3 is 6.20 Å². The van der Waals surface area contributed by atoms with E-state index in [0.29, 0.717) is 0 Å². The molecule has 0 aromatic rings. The van der Waals surface area contributed by atoms with E-state index >= 15 is 0 Å². The Morgan fingerprint density at radius 1 is 2.00 bits per heavy atom. The Bertz CT molecular complexity index is 95.9. The smallest absolute Gasteiger partial charge is 0.387 e. The lowest BCUT2D eigenvalue weighted by Gasteiger charge is -1.65. The maximum atomic E-state index is 8.16. The van der Waals surface area contributed by atoms with Crippen molar-refractivity contribution in [1.29, 1.82) is 5.39 Å². The molecule has 3 nitrogen and oxygen atoms in total. The summed E-state index contributed by atoms with van der Waals surface area (Å²) in [5, 5.41) is 15.8. The zero-order valence-corrected chi connectivity index (χ0v) is 3.42. The van der Waals surface area contributed by atoms with Crippen molar-refractivity contribution in [2.75, 3.05) is 0 Å². The Kier molecular flexibility index (Phi) is 1.83. The molecule has 0 bridgehead atoms. The van der Waals surface area contributed by atoms with Crippen LogP contribution in [0.15, 0.2) is 12.0 Å². The van der Waals surface area contributed by atoms with E-state index in [1.807, 2.05) is 0 Å². The van der Waals surface area contributed by atoms with Crippen LogP contribution in [0.3, 0.4) is 0 Å². The lowest BCUT2D eigenvalue weighted by Crippen LogP contribution is -1.60. The zero-order valence-electron chi connectivity index (χ0n) is 3.42. The van der Waals surface area contributed by atoms with Crippen LogP contribution < -0.4 is 0 Å². The Morgan fingerprint density at radius 2 is 2.50 bits per heavy atom. The van der Waals surface area contributed by atoms with Crippen LogP contribution in [-0.2, 0) is 0 Å². The van der Waals surface area contributed by atoms with Crippen molar-refractivity contribution >= 4 is 0 Å². The topological polar surface area (TPSA) is 48.4 Å². The van der Waals surface area contributed by atoms with Crippen LogP contribution >= 0.6 is 0 Å². The number of allylic oxidation sites excluding steroid dienone is 1. The molecule has 0 aromatic heterocycles. The fraction of sp³-hybridized carbons (Fsp3) is 0.333. The summed E-state index contributed by atoms with van der Waals surface area (Å²) >= 11 is 0. The van der Waals surface area contributed by atoms with Crippen LogP contribution in [0, 0.1) is 5.39 Å². The van der Waals surface area contributed by atoms with Crippen molar-refractivity contribution in [1.82, 2.24) is 0 Å². The molecular formula is C3H5N2O+. The van der Waals surface area contributed by atoms with E-state index in [9.17, 15) is 0 Å². The van der Waals surface area contributed by atoms with Gasteiger partial charge in [0.2, 0.25) is 5.39 Å². The average Bonchev–Trinajstić information content (AvgIpc) is 1.35. The zero-order chi connectivity index (χ0) is 4.99. The molecule has 1 N–H and O–H groups in total. The molecule has 32 valence electrons. The number of hydrogen-bond donors (Lipinski definition) is 1. The first-order chi connectivity index (χ1) is 2.77. The number of diazo groups is 1. The minimum Gasteiger partial charge on any atom is -0.506 e. The average molecular weight is 85.1 g/mol. The second-order valence-electron chi connectivity index (χ2n) is 0.886. The van der Waals surface area contributed by atoms with Crippen molar-refractivity contribution in [3.05, 3.63) is 16.9 Å². The van der Waals surface area contributed by atoms with E-state index < -0.39 is 0 Å². The summed E-state index contributed by atoms with van der Waals surface area (Å²) in [4.78, 5) is 2.52. The first kappa shape index (κ1) is 4.96. The molecule has 0 aromatic carbocycles. The number of rotatable bonds is 0. The van der Waals surface area contributed by atoms with Crippen molar-refractivity contribution in [3.63, 3.8) is 0 Å². The van der Waals surface area contributed by atoms with Crippen molar-refractivity contribution in [3.8, 4) is 0 Å². The largest absolute Gasteiger partial charge is 0.506 e.